The van der Waals surface area contributed by atoms with Crippen molar-refractivity contribution in [2.24, 2.45) is 0 Å². The van der Waals surface area contributed by atoms with E-state index in [1.165, 1.54) is 0 Å². The number of aliphatic hydroxyl groups is 1. The lowest BCUT2D eigenvalue weighted by Crippen LogP contribution is -1.83. The second kappa shape index (κ2) is 5.00. The second-order valence-corrected chi connectivity index (χ2v) is 2.17. The lowest BCUT2D eigenvalue weighted by atomic mass is 10.1. The fourth-order valence-electron chi connectivity index (χ4n) is 0.616. The fourth-order valence-corrected chi connectivity index (χ4v) is 0.616. The molecule has 0 spiro atoms. The molecular weight excluding hydrogens is 124 g/mol. The van der Waals surface area contributed by atoms with Gasteiger partial charge in [-0.15, -0.1) is 6.58 Å². The lowest BCUT2D eigenvalue weighted by Gasteiger charge is -2.00. The first-order chi connectivity index (χ1) is 4.72. The summed E-state index contributed by atoms with van der Waals surface area (Å²) in [4.78, 5) is 0. The van der Waals surface area contributed by atoms with E-state index in [4.69, 9.17) is 5.11 Å². The zero-order chi connectivity index (χ0) is 7.98. The van der Waals surface area contributed by atoms with E-state index in [2.05, 4.69) is 13.2 Å². The molecule has 0 saturated heterocycles. The van der Waals surface area contributed by atoms with Crippen molar-refractivity contribution in [1.29, 1.82) is 0 Å². The van der Waals surface area contributed by atoms with E-state index in [0.717, 1.165) is 17.6 Å². The molecule has 0 saturated carbocycles. The van der Waals surface area contributed by atoms with E-state index in [0.29, 0.717) is 0 Å². The highest BCUT2D eigenvalue weighted by atomic mass is 16.2. The third kappa shape index (κ3) is 3.25. The Labute approximate surface area is 62.4 Å². The molecule has 56 valence electrons. The van der Waals surface area contributed by atoms with Crippen molar-refractivity contribution in [2.75, 3.05) is 6.61 Å². The molecular formula is C9H14O. The van der Waals surface area contributed by atoms with Crippen molar-refractivity contribution < 1.29 is 5.11 Å². The quantitative estimate of drug-likeness (QED) is 0.465. The average Bonchev–Trinajstić information content (AvgIpc) is 1.89. The van der Waals surface area contributed by atoms with Gasteiger partial charge in [0, 0.05) is 0 Å². The van der Waals surface area contributed by atoms with Gasteiger partial charge in [-0.25, -0.2) is 0 Å². The first-order valence-electron chi connectivity index (χ1n) is 3.29. The molecule has 0 aliphatic heterocycles. The summed E-state index contributed by atoms with van der Waals surface area (Å²) in [5.74, 6) is 0. The van der Waals surface area contributed by atoms with Crippen LogP contribution in [0.3, 0.4) is 0 Å². The van der Waals surface area contributed by atoms with E-state index in [-0.39, 0.29) is 6.61 Å². The van der Waals surface area contributed by atoms with Crippen LogP contribution in [-0.2, 0) is 0 Å². The first-order valence-corrected chi connectivity index (χ1v) is 3.29. The third-order valence-corrected chi connectivity index (χ3v) is 1.35. The molecule has 1 N–H and O–H groups in total. The van der Waals surface area contributed by atoms with E-state index in [1.807, 2.05) is 6.92 Å². The van der Waals surface area contributed by atoms with Gasteiger partial charge >= 0.3 is 0 Å². The Balaban J connectivity index is 3.93. The number of hydrogen-bond acceptors (Lipinski definition) is 1. The van der Waals surface area contributed by atoms with Crippen LogP contribution in [0.1, 0.15) is 13.3 Å². The molecule has 0 heterocycles. The van der Waals surface area contributed by atoms with Crippen LogP contribution >= 0.6 is 0 Å². The molecule has 0 rings (SSSR count). The molecule has 0 unspecified atom stereocenters. The van der Waals surface area contributed by atoms with Crippen molar-refractivity contribution in [3.05, 3.63) is 36.5 Å². The lowest BCUT2D eigenvalue weighted by molar-refractivity contribution is 0.342. The molecule has 0 aromatic rings. The van der Waals surface area contributed by atoms with Crippen molar-refractivity contribution >= 4 is 0 Å². The molecule has 0 bridgehead atoms. The molecule has 0 aliphatic carbocycles. The maximum Gasteiger partial charge on any atom is 0.0618 e. The van der Waals surface area contributed by atoms with Gasteiger partial charge in [-0.1, -0.05) is 18.7 Å². The summed E-state index contributed by atoms with van der Waals surface area (Å²) in [6, 6.07) is 0. The number of aliphatic hydroxyl groups excluding tert-OH is 1. The highest BCUT2D eigenvalue weighted by Gasteiger charge is 1.91. The summed E-state index contributed by atoms with van der Waals surface area (Å²) < 4.78 is 0. The predicted octanol–water partition coefficient (Wildman–Crippen LogP) is 2.06. The standard InChI is InChI=1S/C9H14O/c1-4-5-8(2)9(3)6-7-10/h4,6,10H,1-2,5,7H2,3H3/b9-6+. The van der Waals surface area contributed by atoms with Crippen LogP contribution in [0.2, 0.25) is 0 Å². The molecule has 0 aromatic heterocycles. The van der Waals surface area contributed by atoms with Gasteiger partial charge < -0.3 is 5.11 Å². The second-order valence-electron chi connectivity index (χ2n) is 2.17. The van der Waals surface area contributed by atoms with E-state index < -0.39 is 0 Å². The van der Waals surface area contributed by atoms with Crippen LogP contribution in [0.15, 0.2) is 36.5 Å². The largest absolute Gasteiger partial charge is 0.392 e. The topological polar surface area (TPSA) is 20.2 Å². The number of hydrogen-bond donors (Lipinski definition) is 1. The molecule has 1 heteroatoms. The minimum Gasteiger partial charge on any atom is -0.392 e. The summed E-state index contributed by atoms with van der Waals surface area (Å²) in [5.41, 5.74) is 2.06. The zero-order valence-corrected chi connectivity index (χ0v) is 6.43. The summed E-state index contributed by atoms with van der Waals surface area (Å²) in [7, 11) is 0. The summed E-state index contributed by atoms with van der Waals surface area (Å²) in [5, 5.41) is 8.51. The Morgan fingerprint density at radius 1 is 1.60 bits per heavy atom. The van der Waals surface area contributed by atoms with Gasteiger partial charge in [-0.3, -0.25) is 0 Å². The minimum absolute atomic E-state index is 0.0853. The fraction of sp³-hybridized carbons (Fsp3) is 0.333. The Hall–Kier alpha value is -0.820. The predicted molar refractivity (Wildman–Crippen MR) is 44.8 cm³/mol. The molecule has 0 radical (unpaired) electrons. The molecule has 0 aromatic carbocycles. The highest BCUT2D eigenvalue weighted by Crippen LogP contribution is 2.10. The maximum atomic E-state index is 8.51. The summed E-state index contributed by atoms with van der Waals surface area (Å²) in [6.45, 7) is 9.42. The van der Waals surface area contributed by atoms with Gasteiger partial charge in [0.05, 0.1) is 6.61 Å². The van der Waals surface area contributed by atoms with Crippen molar-refractivity contribution in [3.63, 3.8) is 0 Å². The third-order valence-electron chi connectivity index (χ3n) is 1.35. The number of rotatable bonds is 4. The Kier molecular flexibility index (Phi) is 4.59. The van der Waals surface area contributed by atoms with Crippen molar-refractivity contribution in [1.82, 2.24) is 0 Å². The van der Waals surface area contributed by atoms with Gasteiger partial charge in [0.2, 0.25) is 0 Å². The van der Waals surface area contributed by atoms with Crippen LogP contribution in [0, 0.1) is 0 Å². The SMILES string of the molecule is C=CCC(=C)/C(C)=C/CO. The van der Waals surface area contributed by atoms with Crippen molar-refractivity contribution in [3.8, 4) is 0 Å². The smallest absolute Gasteiger partial charge is 0.0618 e. The number of allylic oxidation sites excluding steroid dienone is 3. The average molecular weight is 138 g/mol. The summed E-state index contributed by atoms with van der Waals surface area (Å²) in [6.07, 6.45) is 4.34. The molecule has 0 amide bonds. The molecule has 0 atom stereocenters. The highest BCUT2D eigenvalue weighted by molar-refractivity contribution is 5.27. The normalized spacial score (nSPS) is 11.2. The monoisotopic (exact) mass is 138 g/mol. The zero-order valence-electron chi connectivity index (χ0n) is 6.43. The molecule has 10 heavy (non-hydrogen) atoms. The minimum atomic E-state index is 0.0853. The van der Waals surface area contributed by atoms with Gasteiger partial charge in [0.1, 0.15) is 0 Å². The van der Waals surface area contributed by atoms with Gasteiger partial charge in [0.25, 0.3) is 0 Å². The van der Waals surface area contributed by atoms with E-state index in [1.54, 1.807) is 12.2 Å². The maximum absolute atomic E-state index is 8.51. The van der Waals surface area contributed by atoms with Gasteiger partial charge in [-0.2, -0.15) is 0 Å². The first kappa shape index (κ1) is 9.18. The summed E-state index contributed by atoms with van der Waals surface area (Å²) >= 11 is 0. The van der Waals surface area contributed by atoms with E-state index in [9.17, 15) is 0 Å². The van der Waals surface area contributed by atoms with Crippen LogP contribution in [0.5, 0.6) is 0 Å². The van der Waals surface area contributed by atoms with Gasteiger partial charge in [0.15, 0.2) is 0 Å². The van der Waals surface area contributed by atoms with Crippen LogP contribution in [0.25, 0.3) is 0 Å². The Morgan fingerprint density at radius 3 is 2.60 bits per heavy atom. The molecule has 1 nitrogen and oxygen atoms in total. The van der Waals surface area contributed by atoms with Crippen LogP contribution in [-0.4, -0.2) is 11.7 Å². The van der Waals surface area contributed by atoms with Crippen LogP contribution in [0.4, 0.5) is 0 Å². The van der Waals surface area contributed by atoms with Crippen molar-refractivity contribution in [2.45, 2.75) is 13.3 Å². The van der Waals surface area contributed by atoms with Crippen LogP contribution < -0.4 is 0 Å². The Bertz CT molecular complexity index is 154. The van der Waals surface area contributed by atoms with Gasteiger partial charge in [-0.05, 0) is 24.5 Å². The molecule has 0 aliphatic rings. The molecule has 0 fully saturated rings. The van der Waals surface area contributed by atoms with E-state index >= 15 is 0 Å². The Morgan fingerprint density at radius 2 is 2.20 bits per heavy atom.